The Bertz CT molecular complexity index is 936. The van der Waals surface area contributed by atoms with E-state index in [2.05, 4.69) is 20.9 Å². The average Bonchev–Trinajstić information content (AvgIpc) is 2.82. The average molecular weight is 508 g/mol. The van der Waals surface area contributed by atoms with Crippen LogP contribution in [0.4, 0.5) is 0 Å². The van der Waals surface area contributed by atoms with Crippen LogP contribution in [0, 0.1) is 0 Å². The molecular formula is C22H33N7O7. The fourth-order valence-corrected chi connectivity index (χ4v) is 3.05. The SMILES string of the molecule is NC(N)=NCCCC(N)C(=O)NC(Cc1ccccc1)C(=O)NCC(=O)NC(CCC(=O)O)C(=O)O. The zero-order chi connectivity index (χ0) is 27.1. The minimum atomic E-state index is -1.43. The van der Waals surface area contributed by atoms with Gasteiger partial charge in [0, 0.05) is 19.4 Å². The maximum Gasteiger partial charge on any atom is 0.326 e. The first-order chi connectivity index (χ1) is 17.0. The molecule has 0 aliphatic carbocycles. The minimum Gasteiger partial charge on any atom is -0.481 e. The second-order valence-corrected chi connectivity index (χ2v) is 7.91. The third kappa shape index (κ3) is 12.3. The third-order valence-corrected chi connectivity index (χ3v) is 4.92. The summed E-state index contributed by atoms with van der Waals surface area (Å²) in [6.07, 6.45) is 0.0304. The molecule has 11 N–H and O–H groups in total. The van der Waals surface area contributed by atoms with E-state index in [0.29, 0.717) is 6.42 Å². The van der Waals surface area contributed by atoms with Gasteiger partial charge in [-0.15, -0.1) is 0 Å². The molecule has 14 nitrogen and oxygen atoms in total. The summed E-state index contributed by atoms with van der Waals surface area (Å²) in [5.41, 5.74) is 17.2. The van der Waals surface area contributed by atoms with Gasteiger partial charge in [-0.3, -0.25) is 24.2 Å². The van der Waals surface area contributed by atoms with Crippen molar-refractivity contribution >= 4 is 35.6 Å². The molecule has 0 heterocycles. The van der Waals surface area contributed by atoms with Gasteiger partial charge in [-0.1, -0.05) is 30.3 Å². The van der Waals surface area contributed by atoms with Crippen LogP contribution >= 0.6 is 0 Å². The van der Waals surface area contributed by atoms with Crippen molar-refractivity contribution in [3.8, 4) is 0 Å². The molecule has 0 radical (unpaired) electrons. The van der Waals surface area contributed by atoms with Gasteiger partial charge in [0.05, 0.1) is 12.6 Å². The molecule has 0 aliphatic rings. The Morgan fingerprint density at radius 1 is 0.917 bits per heavy atom. The number of carboxylic acid groups (broad SMARTS) is 2. The summed E-state index contributed by atoms with van der Waals surface area (Å²) in [4.78, 5) is 63.2. The van der Waals surface area contributed by atoms with Crippen molar-refractivity contribution in [1.29, 1.82) is 0 Å². The molecule has 0 spiro atoms. The molecule has 14 heteroatoms. The molecule has 3 unspecified atom stereocenters. The van der Waals surface area contributed by atoms with E-state index in [0.717, 1.165) is 5.56 Å². The number of guanidine groups is 1. The summed E-state index contributed by atoms with van der Waals surface area (Å²) in [7, 11) is 0. The number of rotatable bonds is 16. The molecule has 1 aromatic carbocycles. The van der Waals surface area contributed by atoms with Crippen LogP contribution in [0.5, 0.6) is 0 Å². The standard InChI is InChI=1S/C22H33N7O7/c23-14(7-4-10-26-22(24)25)19(33)29-16(11-13-5-2-1-3-6-13)20(34)27-12-17(30)28-15(21(35)36)8-9-18(31)32/h1-3,5-6,14-16H,4,7-12,23H2,(H,27,34)(H,28,30)(H,29,33)(H,31,32)(H,35,36)(H4,24,25,26). The molecule has 36 heavy (non-hydrogen) atoms. The number of amides is 3. The zero-order valence-corrected chi connectivity index (χ0v) is 19.7. The Morgan fingerprint density at radius 3 is 2.17 bits per heavy atom. The van der Waals surface area contributed by atoms with Gasteiger partial charge in [0.2, 0.25) is 17.7 Å². The van der Waals surface area contributed by atoms with E-state index in [-0.39, 0.29) is 31.8 Å². The van der Waals surface area contributed by atoms with Gasteiger partial charge in [0.25, 0.3) is 0 Å². The normalized spacial score (nSPS) is 12.9. The third-order valence-electron chi connectivity index (χ3n) is 4.92. The second kappa shape index (κ2) is 15.7. The maximum absolute atomic E-state index is 12.8. The minimum absolute atomic E-state index is 0.0757. The molecule has 0 aliphatic heterocycles. The molecule has 0 bridgehead atoms. The lowest BCUT2D eigenvalue weighted by molar-refractivity contribution is -0.143. The van der Waals surface area contributed by atoms with Crippen molar-refractivity contribution in [2.24, 2.45) is 22.2 Å². The van der Waals surface area contributed by atoms with E-state index < -0.39 is 60.8 Å². The summed E-state index contributed by atoms with van der Waals surface area (Å²) in [6, 6.07) is 5.40. The molecule has 3 atom stereocenters. The Labute approximate surface area is 207 Å². The predicted molar refractivity (Wildman–Crippen MR) is 129 cm³/mol. The van der Waals surface area contributed by atoms with Crippen LogP contribution in [0.2, 0.25) is 0 Å². The van der Waals surface area contributed by atoms with E-state index in [1.54, 1.807) is 30.3 Å². The fraction of sp³-hybridized carbons (Fsp3) is 0.455. The van der Waals surface area contributed by atoms with Crippen molar-refractivity contribution in [3.63, 3.8) is 0 Å². The number of carbonyl (C=O) groups excluding carboxylic acids is 3. The number of nitrogens with two attached hydrogens (primary N) is 3. The smallest absolute Gasteiger partial charge is 0.326 e. The predicted octanol–water partition coefficient (Wildman–Crippen LogP) is -2.35. The Morgan fingerprint density at radius 2 is 1.58 bits per heavy atom. The van der Waals surface area contributed by atoms with Crippen LogP contribution in [-0.2, 0) is 30.4 Å². The lowest BCUT2D eigenvalue weighted by Gasteiger charge is -2.21. The highest BCUT2D eigenvalue weighted by Crippen LogP contribution is 2.05. The summed E-state index contributed by atoms with van der Waals surface area (Å²) < 4.78 is 0. The van der Waals surface area contributed by atoms with E-state index in [1.807, 2.05) is 0 Å². The fourth-order valence-electron chi connectivity index (χ4n) is 3.05. The maximum atomic E-state index is 12.8. The van der Waals surface area contributed by atoms with Crippen molar-refractivity contribution < 1.29 is 34.2 Å². The van der Waals surface area contributed by atoms with Crippen molar-refractivity contribution in [2.75, 3.05) is 13.1 Å². The number of nitrogens with one attached hydrogen (secondary N) is 3. The molecule has 0 fully saturated rings. The summed E-state index contributed by atoms with van der Waals surface area (Å²) >= 11 is 0. The van der Waals surface area contributed by atoms with Crippen LogP contribution in [0.15, 0.2) is 35.3 Å². The van der Waals surface area contributed by atoms with Gasteiger partial charge < -0.3 is 43.4 Å². The molecular weight excluding hydrogens is 474 g/mol. The molecule has 0 saturated heterocycles. The highest BCUT2D eigenvalue weighted by molar-refractivity contribution is 5.92. The number of carbonyl (C=O) groups is 5. The number of carboxylic acids is 2. The van der Waals surface area contributed by atoms with E-state index in [9.17, 15) is 24.0 Å². The monoisotopic (exact) mass is 507 g/mol. The number of benzene rings is 1. The summed E-state index contributed by atoms with van der Waals surface area (Å²) in [5, 5.41) is 25.0. The number of aliphatic carboxylic acids is 2. The quantitative estimate of drug-likeness (QED) is 0.0671. The van der Waals surface area contributed by atoms with Crippen molar-refractivity contribution in [2.45, 2.75) is 50.2 Å². The topological polar surface area (TPSA) is 252 Å². The zero-order valence-electron chi connectivity index (χ0n) is 19.7. The van der Waals surface area contributed by atoms with Crippen molar-refractivity contribution in [1.82, 2.24) is 16.0 Å². The highest BCUT2D eigenvalue weighted by Gasteiger charge is 2.25. The van der Waals surface area contributed by atoms with Gasteiger partial charge >= 0.3 is 11.9 Å². The Hall–Kier alpha value is -4.20. The number of nitrogens with zero attached hydrogens (tertiary/aromatic N) is 1. The Kier molecular flexibility index (Phi) is 13.0. The van der Waals surface area contributed by atoms with Crippen LogP contribution in [0.25, 0.3) is 0 Å². The summed E-state index contributed by atoms with van der Waals surface area (Å²) in [6.45, 7) is -0.294. The number of hydrogen-bond acceptors (Lipinski definition) is 7. The van der Waals surface area contributed by atoms with Crippen LogP contribution in [-0.4, -0.2) is 77.0 Å². The molecule has 0 aromatic heterocycles. The second-order valence-electron chi connectivity index (χ2n) is 7.91. The Balaban J connectivity index is 2.75. The first kappa shape index (κ1) is 29.8. The molecule has 3 amide bonds. The number of aliphatic imine (C=N–C) groups is 1. The van der Waals surface area contributed by atoms with Crippen molar-refractivity contribution in [3.05, 3.63) is 35.9 Å². The van der Waals surface area contributed by atoms with Crippen LogP contribution in [0.1, 0.15) is 31.2 Å². The van der Waals surface area contributed by atoms with Gasteiger partial charge in [0.15, 0.2) is 5.96 Å². The molecule has 1 rings (SSSR count). The largest absolute Gasteiger partial charge is 0.481 e. The molecule has 0 saturated carbocycles. The van der Waals surface area contributed by atoms with Crippen LogP contribution in [0.3, 0.4) is 0 Å². The first-order valence-electron chi connectivity index (χ1n) is 11.2. The first-order valence-corrected chi connectivity index (χ1v) is 11.2. The molecule has 198 valence electrons. The van der Waals surface area contributed by atoms with Crippen LogP contribution < -0.4 is 33.2 Å². The lowest BCUT2D eigenvalue weighted by atomic mass is 10.0. The summed E-state index contributed by atoms with van der Waals surface area (Å²) in [5.74, 6) is -4.79. The molecule has 1 aromatic rings. The van der Waals surface area contributed by atoms with E-state index in [1.165, 1.54) is 0 Å². The van der Waals surface area contributed by atoms with E-state index in [4.69, 9.17) is 27.4 Å². The lowest BCUT2D eigenvalue weighted by Crippen LogP contribution is -2.54. The van der Waals surface area contributed by atoms with Gasteiger partial charge in [-0.05, 0) is 24.8 Å². The van der Waals surface area contributed by atoms with E-state index >= 15 is 0 Å². The number of hydrogen-bond donors (Lipinski definition) is 8. The highest BCUT2D eigenvalue weighted by atomic mass is 16.4. The van der Waals surface area contributed by atoms with Gasteiger partial charge in [-0.2, -0.15) is 0 Å². The van der Waals surface area contributed by atoms with Gasteiger partial charge in [-0.25, -0.2) is 4.79 Å². The van der Waals surface area contributed by atoms with Gasteiger partial charge in [0.1, 0.15) is 12.1 Å².